The van der Waals surface area contributed by atoms with Gasteiger partial charge in [0.25, 0.3) is 0 Å². The van der Waals surface area contributed by atoms with E-state index in [1.807, 2.05) is 0 Å². The van der Waals surface area contributed by atoms with Gasteiger partial charge in [-0.05, 0) is 6.07 Å². The lowest BCUT2D eigenvalue weighted by molar-refractivity contribution is 0.446. The van der Waals surface area contributed by atoms with Gasteiger partial charge < -0.3 is 5.11 Å². The zero-order valence-electron chi connectivity index (χ0n) is 4.41. The Hall–Kier alpha value is -1.18. The fourth-order valence-electron chi connectivity index (χ4n) is 0.539. The lowest BCUT2D eigenvalue weighted by atomic mass is 10.7. The molecule has 0 saturated heterocycles. The molecule has 0 aliphatic rings. The summed E-state index contributed by atoms with van der Waals surface area (Å²) in [5.74, 6) is 0.222. The maximum absolute atomic E-state index is 8.84. The van der Waals surface area contributed by atoms with Crippen molar-refractivity contribution in [3.05, 3.63) is 24.9 Å². The van der Waals surface area contributed by atoms with E-state index >= 15 is 0 Å². The Morgan fingerprint density at radius 1 is 1.75 bits per heavy atom. The molecule has 0 aliphatic carbocycles. The first kappa shape index (κ1) is 4.97. The van der Waals surface area contributed by atoms with Gasteiger partial charge in [-0.15, -0.1) is 0 Å². The molecule has 1 aromatic heterocycles. The predicted octanol–water partition coefficient (Wildman–Crippen LogP) is 1.29. The molecular formula is C6H7NO. The number of aromatic hydroxyl groups is 1. The lowest BCUT2D eigenvalue weighted by Crippen LogP contribution is -1.77. The summed E-state index contributed by atoms with van der Waals surface area (Å²) in [7, 11) is 0. The minimum absolute atomic E-state index is 0.222. The van der Waals surface area contributed by atoms with Crippen LogP contribution in [0.1, 0.15) is 0 Å². The smallest absolute Gasteiger partial charge is 0.195 e. The summed E-state index contributed by atoms with van der Waals surface area (Å²) in [6.45, 7) is 3.47. The van der Waals surface area contributed by atoms with Gasteiger partial charge >= 0.3 is 0 Å². The Labute approximate surface area is 47.7 Å². The molecule has 0 atom stereocenters. The molecule has 0 amide bonds. The van der Waals surface area contributed by atoms with E-state index in [2.05, 4.69) is 6.58 Å². The van der Waals surface area contributed by atoms with Crippen molar-refractivity contribution in [2.45, 2.75) is 0 Å². The van der Waals surface area contributed by atoms with E-state index in [0.717, 1.165) is 0 Å². The van der Waals surface area contributed by atoms with Gasteiger partial charge in [-0.3, -0.25) is 4.57 Å². The largest absolute Gasteiger partial charge is 0.494 e. The molecule has 0 radical (unpaired) electrons. The maximum atomic E-state index is 8.84. The molecule has 8 heavy (non-hydrogen) atoms. The van der Waals surface area contributed by atoms with Gasteiger partial charge in [-0.2, -0.15) is 0 Å². The Balaban J connectivity index is 3.09. The molecule has 2 nitrogen and oxygen atoms in total. The van der Waals surface area contributed by atoms with Gasteiger partial charge in [-0.25, -0.2) is 0 Å². The summed E-state index contributed by atoms with van der Waals surface area (Å²) in [5.41, 5.74) is 0. The van der Waals surface area contributed by atoms with Gasteiger partial charge in [0.2, 0.25) is 0 Å². The summed E-state index contributed by atoms with van der Waals surface area (Å²) in [4.78, 5) is 0. The molecule has 1 rings (SSSR count). The highest BCUT2D eigenvalue weighted by molar-refractivity contribution is 5.27. The van der Waals surface area contributed by atoms with Crippen molar-refractivity contribution >= 4 is 6.20 Å². The van der Waals surface area contributed by atoms with Crippen molar-refractivity contribution in [3.63, 3.8) is 0 Å². The van der Waals surface area contributed by atoms with Crippen LogP contribution in [-0.4, -0.2) is 9.67 Å². The third kappa shape index (κ3) is 0.601. The molecule has 0 fully saturated rings. The third-order valence-corrected chi connectivity index (χ3v) is 0.953. The minimum atomic E-state index is 0.222. The Morgan fingerprint density at radius 3 is 2.75 bits per heavy atom. The molecule has 2 heteroatoms. The number of rotatable bonds is 1. The molecule has 1 aromatic rings. The van der Waals surface area contributed by atoms with E-state index in [9.17, 15) is 0 Å². The second-order valence-corrected chi connectivity index (χ2v) is 1.46. The van der Waals surface area contributed by atoms with Crippen LogP contribution in [0.3, 0.4) is 0 Å². The predicted molar refractivity (Wildman–Crippen MR) is 32.5 cm³/mol. The first-order chi connectivity index (χ1) is 3.84. The lowest BCUT2D eigenvalue weighted by Gasteiger charge is -1.90. The zero-order valence-corrected chi connectivity index (χ0v) is 4.41. The van der Waals surface area contributed by atoms with Crippen LogP contribution in [0.25, 0.3) is 6.20 Å². The van der Waals surface area contributed by atoms with E-state index in [4.69, 9.17) is 5.11 Å². The summed E-state index contributed by atoms with van der Waals surface area (Å²) in [5, 5.41) is 8.84. The zero-order chi connectivity index (χ0) is 5.98. The number of aromatic nitrogens is 1. The summed E-state index contributed by atoms with van der Waals surface area (Å²) in [6, 6.07) is 3.35. The highest BCUT2D eigenvalue weighted by Gasteiger charge is 1.87. The topological polar surface area (TPSA) is 25.2 Å². The molecular weight excluding hydrogens is 102 g/mol. The van der Waals surface area contributed by atoms with Crippen LogP contribution in [0.4, 0.5) is 0 Å². The monoisotopic (exact) mass is 109 g/mol. The fourth-order valence-corrected chi connectivity index (χ4v) is 0.539. The van der Waals surface area contributed by atoms with Crippen molar-refractivity contribution < 1.29 is 5.11 Å². The van der Waals surface area contributed by atoms with Crippen molar-refractivity contribution in [2.24, 2.45) is 0 Å². The van der Waals surface area contributed by atoms with Crippen LogP contribution in [0.2, 0.25) is 0 Å². The Kier molecular flexibility index (Phi) is 1.08. The van der Waals surface area contributed by atoms with Gasteiger partial charge in [0.1, 0.15) is 0 Å². The highest BCUT2D eigenvalue weighted by Crippen LogP contribution is 2.07. The molecule has 0 unspecified atom stereocenters. The highest BCUT2D eigenvalue weighted by atomic mass is 16.3. The van der Waals surface area contributed by atoms with Crippen LogP contribution in [0.5, 0.6) is 5.88 Å². The minimum Gasteiger partial charge on any atom is -0.494 e. The van der Waals surface area contributed by atoms with E-state index in [1.54, 1.807) is 18.3 Å². The SMILES string of the molecule is C=Cn1cccc1O. The van der Waals surface area contributed by atoms with Crippen LogP contribution >= 0.6 is 0 Å². The number of hydrogen-bond acceptors (Lipinski definition) is 1. The molecule has 42 valence electrons. The number of hydrogen-bond donors (Lipinski definition) is 1. The van der Waals surface area contributed by atoms with E-state index in [1.165, 1.54) is 10.8 Å². The Bertz CT molecular complexity index is 190. The Morgan fingerprint density at radius 2 is 2.50 bits per heavy atom. The first-order valence-electron chi connectivity index (χ1n) is 2.33. The molecule has 1 N–H and O–H groups in total. The molecule has 0 spiro atoms. The summed E-state index contributed by atoms with van der Waals surface area (Å²) < 4.78 is 1.53. The fraction of sp³-hybridized carbons (Fsp3) is 0. The van der Waals surface area contributed by atoms with Crippen LogP contribution < -0.4 is 0 Å². The standard InChI is InChI=1S/C6H7NO/c1-2-7-5-3-4-6(7)8/h2-5,8H,1H2. The van der Waals surface area contributed by atoms with E-state index in [-0.39, 0.29) is 5.88 Å². The summed E-state index contributed by atoms with van der Waals surface area (Å²) in [6.07, 6.45) is 3.26. The maximum Gasteiger partial charge on any atom is 0.195 e. The second kappa shape index (κ2) is 1.74. The van der Waals surface area contributed by atoms with Crippen LogP contribution in [-0.2, 0) is 0 Å². The molecule has 0 aliphatic heterocycles. The average Bonchev–Trinajstić information content (AvgIpc) is 2.14. The molecule has 0 aromatic carbocycles. The van der Waals surface area contributed by atoms with Gasteiger partial charge in [0, 0.05) is 18.5 Å². The number of nitrogens with zero attached hydrogens (tertiary/aromatic N) is 1. The summed E-state index contributed by atoms with van der Waals surface area (Å²) >= 11 is 0. The van der Waals surface area contributed by atoms with Crippen molar-refractivity contribution in [2.75, 3.05) is 0 Å². The average molecular weight is 109 g/mol. The van der Waals surface area contributed by atoms with E-state index < -0.39 is 0 Å². The van der Waals surface area contributed by atoms with Gasteiger partial charge in [0.15, 0.2) is 5.88 Å². The quantitative estimate of drug-likeness (QED) is 0.577. The molecule has 0 saturated carbocycles. The van der Waals surface area contributed by atoms with Crippen molar-refractivity contribution in [3.8, 4) is 5.88 Å². The van der Waals surface area contributed by atoms with Crippen LogP contribution in [0.15, 0.2) is 24.9 Å². The third-order valence-electron chi connectivity index (χ3n) is 0.953. The van der Waals surface area contributed by atoms with Gasteiger partial charge in [-0.1, -0.05) is 6.58 Å². The second-order valence-electron chi connectivity index (χ2n) is 1.46. The van der Waals surface area contributed by atoms with Crippen LogP contribution in [0, 0.1) is 0 Å². The normalized spacial score (nSPS) is 9.00. The molecule has 1 heterocycles. The molecule has 0 bridgehead atoms. The van der Waals surface area contributed by atoms with Gasteiger partial charge in [0.05, 0.1) is 0 Å². The van der Waals surface area contributed by atoms with Crippen molar-refractivity contribution in [1.82, 2.24) is 4.57 Å². The first-order valence-corrected chi connectivity index (χ1v) is 2.33. The van der Waals surface area contributed by atoms with E-state index in [0.29, 0.717) is 0 Å². The van der Waals surface area contributed by atoms with Crippen molar-refractivity contribution in [1.29, 1.82) is 0 Å².